The third-order valence-electron chi connectivity index (χ3n) is 3.23. The Hall–Kier alpha value is -1.29. The first-order valence-electron chi connectivity index (χ1n) is 6.87. The number of hydrogen-bond donors (Lipinski definition) is 1. The molecule has 1 aliphatic carbocycles. The second kappa shape index (κ2) is 6.24. The third-order valence-corrected chi connectivity index (χ3v) is 3.53. The smallest absolute Gasteiger partial charge is 0.255 e. The molecule has 0 bridgehead atoms. The molecule has 0 unspecified atom stereocenters. The van der Waals surface area contributed by atoms with Gasteiger partial charge in [0.15, 0.2) is 0 Å². The van der Waals surface area contributed by atoms with Gasteiger partial charge in [0.1, 0.15) is 5.82 Å². The maximum Gasteiger partial charge on any atom is 0.255 e. The van der Waals surface area contributed by atoms with Gasteiger partial charge in [-0.15, -0.1) is 0 Å². The monoisotopic (exact) mass is 281 g/mol. The van der Waals surface area contributed by atoms with Gasteiger partial charge in [-0.25, -0.2) is 4.98 Å². The molecule has 19 heavy (non-hydrogen) atoms. The number of nitrogens with zero attached hydrogens (tertiary/aromatic N) is 2. The zero-order chi connectivity index (χ0) is 13.8. The molecule has 1 heterocycles. The van der Waals surface area contributed by atoms with E-state index in [1.807, 2.05) is 11.8 Å². The van der Waals surface area contributed by atoms with Crippen molar-refractivity contribution < 1.29 is 4.79 Å². The van der Waals surface area contributed by atoms with E-state index < -0.39 is 0 Å². The van der Waals surface area contributed by atoms with Crippen LogP contribution in [0.5, 0.6) is 0 Å². The van der Waals surface area contributed by atoms with Gasteiger partial charge in [0.2, 0.25) is 0 Å². The molecular weight excluding hydrogens is 262 g/mol. The van der Waals surface area contributed by atoms with Crippen LogP contribution >= 0.6 is 11.6 Å². The third kappa shape index (κ3) is 3.38. The van der Waals surface area contributed by atoms with E-state index in [4.69, 9.17) is 11.6 Å². The quantitative estimate of drug-likeness (QED) is 0.871. The highest BCUT2D eigenvalue weighted by atomic mass is 35.5. The topological polar surface area (TPSA) is 45.2 Å². The number of pyridine rings is 1. The summed E-state index contributed by atoms with van der Waals surface area (Å²) in [7, 11) is 0. The summed E-state index contributed by atoms with van der Waals surface area (Å²) in [4.78, 5) is 18.6. The highest BCUT2D eigenvalue weighted by Crippen LogP contribution is 2.29. The molecule has 2 rings (SSSR count). The maximum absolute atomic E-state index is 12.5. The molecule has 0 spiro atoms. The molecule has 1 saturated carbocycles. The van der Waals surface area contributed by atoms with Gasteiger partial charge >= 0.3 is 0 Å². The predicted molar refractivity (Wildman–Crippen MR) is 77.8 cm³/mol. The second-order valence-corrected chi connectivity index (χ2v) is 5.21. The van der Waals surface area contributed by atoms with Gasteiger partial charge in [-0.3, -0.25) is 4.79 Å². The minimum atomic E-state index is 0.0111. The summed E-state index contributed by atoms with van der Waals surface area (Å²) in [5.41, 5.74) is 0.545. The van der Waals surface area contributed by atoms with Gasteiger partial charge in [-0.2, -0.15) is 0 Å². The summed E-state index contributed by atoms with van der Waals surface area (Å²) < 4.78 is 0. The Morgan fingerprint density at radius 2 is 2.26 bits per heavy atom. The lowest BCUT2D eigenvalue weighted by Gasteiger charge is -2.21. The fraction of sp³-hybridized carbons (Fsp3) is 0.571. The number of carbonyl (C=O) groups is 1. The number of amides is 1. The molecule has 1 N–H and O–H groups in total. The zero-order valence-corrected chi connectivity index (χ0v) is 12.2. The van der Waals surface area contributed by atoms with Crippen molar-refractivity contribution in [1.82, 2.24) is 9.88 Å². The SMILES string of the molecule is CCCNc1cc(C(=O)N(CC)C2CC2)c(Cl)cn1. The van der Waals surface area contributed by atoms with Crippen LogP contribution in [0.2, 0.25) is 5.02 Å². The van der Waals surface area contributed by atoms with Gasteiger partial charge in [0.05, 0.1) is 10.6 Å². The van der Waals surface area contributed by atoms with Crippen LogP contribution in [-0.4, -0.2) is 34.9 Å². The Kier molecular flexibility index (Phi) is 4.64. The number of aromatic nitrogens is 1. The van der Waals surface area contributed by atoms with Crippen LogP contribution in [0.4, 0.5) is 5.82 Å². The number of hydrogen-bond acceptors (Lipinski definition) is 3. The minimum Gasteiger partial charge on any atom is -0.370 e. The Balaban J connectivity index is 2.19. The second-order valence-electron chi connectivity index (χ2n) is 4.80. The Labute approximate surface area is 119 Å². The molecule has 0 atom stereocenters. The Morgan fingerprint density at radius 1 is 1.53 bits per heavy atom. The maximum atomic E-state index is 12.5. The lowest BCUT2D eigenvalue weighted by Crippen LogP contribution is -2.33. The van der Waals surface area contributed by atoms with Gasteiger partial charge in [-0.1, -0.05) is 18.5 Å². The first kappa shape index (κ1) is 14.1. The number of rotatable bonds is 6. The average Bonchev–Trinajstić information content (AvgIpc) is 3.23. The van der Waals surface area contributed by atoms with Crippen LogP contribution in [0.3, 0.4) is 0 Å². The van der Waals surface area contributed by atoms with Crippen LogP contribution in [0.25, 0.3) is 0 Å². The molecule has 1 aromatic heterocycles. The lowest BCUT2D eigenvalue weighted by molar-refractivity contribution is 0.0752. The number of anilines is 1. The van der Waals surface area contributed by atoms with Crippen molar-refractivity contribution in [2.75, 3.05) is 18.4 Å². The molecule has 1 fully saturated rings. The zero-order valence-electron chi connectivity index (χ0n) is 11.4. The molecule has 104 valence electrons. The van der Waals surface area contributed by atoms with E-state index in [1.165, 1.54) is 0 Å². The lowest BCUT2D eigenvalue weighted by atomic mass is 10.2. The van der Waals surface area contributed by atoms with Gasteiger partial charge in [0, 0.05) is 25.3 Å². The molecule has 1 aliphatic rings. The first-order chi connectivity index (χ1) is 9.17. The summed E-state index contributed by atoms with van der Waals surface area (Å²) in [6, 6.07) is 2.15. The van der Waals surface area contributed by atoms with Crippen molar-refractivity contribution in [3.05, 3.63) is 22.8 Å². The summed E-state index contributed by atoms with van der Waals surface area (Å²) in [5, 5.41) is 3.60. The fourth-order valence-electron chi connectivity index (χ4n) is 2.06. The van der Waals surface area contributed by atoms with Crippen molar-refractivity contribution in [2.24, 2.45) is 0 Å². The number of halogens is 1. The van der Waals surface area contributed by atoms with E-state index in [2.05, 4.69) is 17.2 Å². The molecule has 0 radical (unpaired) electrons. The Morgan fingerprint density at radius 3 is 2.84 bits per heavy atom. The standard InChI is InChI=1S/C14H20ClN3O/c1-3-7-16-13-8-11(12(15)9-17-13)14(19)18(4-2)10-5-6-10/h8-10H,3-7H2,1-2H3,(H,16,17). The van der Waals surface area contributed by atoms with Crippen molar-refractivity contribution in [2.45, 2.75) is 39.2 Å². The van der Waals surface area contributed by atoms with E-state index in [-0.39, 0.29) is 5.91 Å². The van der Waals surface area contributed by atoms with Crippen LogP contribution in [0.15, 0.2) is 12.3 Å². The molecule has 0 saturated heterocycles. The summed E-state index contributed by atoms with van der Waals surface area (Å²) in [5.74, 6) is 0.721. The van der Waals surface area contributed by atoms with Crippen molar-refractivity contribution in [1.29, 1.82) is 0 Å². The van der Waals surface area contributed by atoms with E-state index in [0.717, 1.165) is 32.4 Å². The fourth-order valence-corrected chi connectivity index (χ4v) is 2.25. The number of nitrogens with one attached hydrogen (secondary N) is 1. The highest BCUT2D eigenvalue weighted by Gasteiger charge is 2.32. The van der Waals surface area contributed by atoms with Crippen LogP contribution in [-0.2, 0) is 0 Å². The van der Waals surface area contributed by atoms with Crippen LogP contribution in [0.1, 0.15) is 43.5 Å². The Bertz CT molecular complexity index is 460. The highest BCUT2D eigenvalue weighted by molar-refractivity contribution is 6.33. The molecular formula is C14H20ClN3O. The van der Waals surface area contributed by atoms with Crippen LogP contribution < -0.4 is 5.32 Å². The van der Waals surface area contributed by atoms with E-state index in [0.29, 0.717) is 22.4 Å². The van der Waals surface area contributed by atoms with E-state index in [1.54, 1.807) is 12.3 Å². The van der Waals surface area contributed by atoms with E-state index in [9.17, 15) is 4.79 Å². The van der Waals surface area contributed by atoms with Crippen molar-refractivity contribution in [3.8, 4) is 0 Å². The number of carbonyl (C=O) groups excluding carboxylic acids is 1. The van der Waals surface area contributed by atoms with Crippen LogP contribution in [0, 0.1) is 0 Å². The molecule has 1 aromatic rings. The molecule has 0 aliphatic heterocycles. The average molecular weight is 282 g/mol. The summed E-state index contributed by atoms with van der Waals surface area (Å²) in [6.45, 7) is 5.64. The van der Waals surface area contributed by atoms with Crippen molar-refractivity contribution >= 4 is 23.3 Å². The van der Waals surface area contributed by atoms with Gasteiger partial charge in [-0.05, 0) is 32.3 Å². The molecule has 4 nitrogen and oxygen atoms in total. The minimum absolute atomic E-state index is 0.0111. The summed E-state index contributed by atoms with van der Waals surface area (Å²) >= 11 is 6.11. The molecule has 1 amide bonds. The van der Waals surface area contributed by atoms with Gasteiger partial charge < -0.3 is 10.2 Å². The molecule has 5 heteroatoms. The first-order valence-corrected chi connectivity index (χ1v) is 7.25. The van der Waals surface area contributed by atoms with Crippen molar-refractivity contribution in [3.63, 3.8) is 0 Å². The normalized spacial score (nSPS) is 14.3. The molecule has 0 aromatic carbocycles. The predicted octanol–water partition coefficient (Wildman–Crippen LogP) is 3.18. The largest absolute Gasteiger partial charge is 0.370 e. The summed E-state index contributed by atoms with van der Waals surface area (Å²) in [6.07, 6.45) is 4.76. The van der Waals surface area contributed by atoms with Gasteiger partial charge in [0.25, 0.3) is 5.91 Å². The van der Waals surface area contributed by atoms with E-state index >= 15 is 0 Å².